The average Bonchev–Trinajstić information content (AvgIpc) is 2.95. The highest BCUT2D eigenvalue weighted by atomic mass is 16.7. The highest BCUT2D eigenvalue weighted by Gasteiger charge is 2.18. The number of likely N-dealkylation sites (N-methyl/N-ethyl adjacent to an activating group) is 1. The van der Waals surface area contributed by atoms with Gasteiger partial charge < -0.3 is 19.7 Å². The second-order valence-corrected chi connectivity index (χ2v) is 4.13. The van der Waals surface area contributed by atoms with E-state index in [2.05, 4.69) is 15.2 Å². The number of rotatable bonds is 2. The van der Waals surface area contributed by atoms with E-state index in [0.717, 1.165) is 36.1 Å². The lowest BCUT2D eigenvalue weighted by Gasteiger charge is -2.15. The molecule has 0 saturated heterocycles. The molecular formula is C12H15N3O2. The summed E-state index contributed by atoms with van der Waals surface area (Å²) in [4.78, 5) is 6.50. The monoisotopic (exact) mass is 233 g/mol. The number of benzene rings is 1. The Hall–Kier alpha value is -1.91. The van der Waals surface area contributed by atoms with E-state index in [9.17, 15) is 0 Å². The minimum atomic E-state index is 0.313. The van der Waals surface area contributed by atoms with Crippen LogP contribution in [0, 0.1) is 0 Å². The van der Waals surface area contributed by atoms with Crippen LogP contribution in [0.4, 0.5) is 0 Å². The molecule has 1 aromatic carbocycles. The molecule has 0 fully saturated rings. The molecule has 0 atom stereocenters. The van der Waals surface area contributed by atoms with Gasteiger partial charge in [0.2, 0.25) is 6.79 Å². The van der Waals surface area contributed by atoms with Crippen molar-refractivity contribution in [3.63, 3.8) is 0 Å². The lowest BCUT2D eigenvalue weighted by atomic mass is 10.2. The summed E-state index contributed by atoms with van der Waals surface area (Å²) in [5, 5.41) is 3.32. The smallest absolute Gasteiger partial charge is 0.231 e. The quantitative estimate of drug-likeness (QED) is 0.821. The standard InChI is InChI=1S/C12H15N3O2/c1-15-6-5-13-12(15)14-7-9-3-2-4-10-11(9)17-8-16-10/h2-4H,5-8H2,1H3,(H,13,14). The maximum atomic E-state index is 5.46. The number of hydrogen-bond donors (Lipinski definition) is 1. The molecule has 0 spiro atoms. The number of ether oxygens (including phenoxy) is 2. The molecule has 0 bridgehead atoms. The largest absolute Gasteiger partial charge is 0.454 e. The first-order valence-electron chi connectivity index (χ1n) is 5.71. The van der Waals surface area contributed by atoms with Crippen LogP contribution in [-0.2, 0) is 6.54 Å². The van der Waals surface area contributed by atoms with Crippen LogP contribution in [-0.4, -0.2) is 37.8 Å². The summed E-state index contributed by atoms with van der Waals surface area (Å²) in [7, 11) is 2.04. The lowest BCUT2D eigenvalue weighted by Crippen LogP contribution is -2.35. The first-order chi connectivity index (χ1) is 8.34. The highest BCUT2D eigenvalue weighted by molar-refractivity contribution is 5.81. The van der Waals surface area contributed by atoms with Crippen LogP contribution in [0.25, 0.3) is 0 Å². The van der Waals surface area contributed by atoms with Crippen LogP contribution in [0.2, 0.25) is 0 Å². The van der Waals surface area contributed by atoms with Gasteiger partial charge in [-0.25, -0.2) is 0 Å². The zero-order valence-corrected chi connectivity index (χ0v) is 9.77. The van der Waals surface area contributed by atoms with E-state index in [1.54, 1.807) is 0 Å². The Labute approximate surface area is 100 Å². The highest BCUT2D eigenvalue weighted by Crippen LogP contribution is 2.35. The number of hydrogen-bond acceptors (Lipinski definition) is 5. The average molecular weight is 233 g/mol. The van der Waals surface area contributed by atoms with Crippen LogP contribution in [0.15, 0.2) is 23.2 Å². The van der Waals surface area contributed by atoms with Crippen molar-refractivity contribution in [2.45, 2.75) is 6.54 Å². The molecule has 1 N–H and O–H groups in total. The molecule has 0 aromatic heterocycles. The van der Waals surface area contributed by atoms with Crippen LogP contribution in [0.5, 0.6) is 11.5 Å². The van der Waals surface area contributed by atoms with Gasteiger partial charge in [-0.2, -0.15) is 0 Å². The third-order valence-corrected chi connectivity index (χ3v) is 2.97. The minimum absolute atomic E-state index is 0.313. The molecule has 2 heterocycles. The molecule has 2 aliphatic rings. The van der Waals surface area contributed by atoms with E-state index < -0.39 is 0 Å². The van der Waals surface area contributed by atoms with Crippen LogP contribution >= 0.6 is 0 Å². The van der Waals surface area contributed by atoms with Crippen molar-refractivity contribution in [3.8, 4) is 11.5 Å². The molecule has 1 aromatic rings. The zero-order valence-electron chi connectivity index (χ0n) is 9.77. The van der Waals surface area contributed by atoms with Gasteiger partial charge in [0.1, 0.15) is 0 Å². The molecule has 3 rings (SSSR count). The molecule has 5 nitrogen and oxygen atoms in total. The van der Waals surface area contributed by atoms with Gasteiger partial charge in [0, 0.05) is 25.7 Å². The number of fused-ring (bicyclic) bond motifs is 1. The molecule has 90 valence electrons. The molecule has 0 radical (unpaired) electrons. The Balaban J connectivity index is 1.72. The fraction of sp³-hybridized carbons (Fsp3) is 0.417. The summed E-state index contributed by atoms with van der Waals surface area (Å²) in [5.74, 6) is 2.62. The van der Waals surface area contributed by atoms with Crippen LogP contribution in [0.1, 0.15) is 5.56 Å². The molecule has 0 unspecified atom stereocenters. The van der Waals surface area contributed by atoms with Gasteiger partial charge in [-0.1, -0.05) is 12.1 Å². The van der Waals surface area contributed by atoms with Crippen molar-refractivity contribution in [3.05, 3.63) is 23.8 Å². The van der Waals surface area contributed by atoms with Crippen molar-refractivity contribution >= 4 is 5.96 Å². The van der Waals surface area contributed by atoms with E-state index in [4.69, 9.17) is 9.47 Å². The molecule has 2 aliphatic heterocycles. The normalized spacial score (nSPS) is 17.2. The van der Waals surface area contributed by atoms with Gasteiger partial charge in [0.25, 0.3) is 0 Å². The van der Waals surface area contributed by atoms with Gasteiger partial charge in [-0.05, 0) is 6.07 Å². The molecule has 0 saturated carbocycles. The topological polar surface area (TPSA) is 46.1 Å². The Bertz CT molecular complexity index is 459. The van der Waals surface area contributed by atoms with Gasteiger partial charge in [0.15, 0.2) is 17.5 Å². The van der Waals surface area contributed by atoms with Gasteiger partial charge in [0.05, 0.1) is 6.54 Å². The molecular weight excluding hydrogens is 218 g/mol. The first-order valence-corrected chi connectivity index (χ1v) is 5.71. The fourth-order valence-electron chi connectivity index (χ4n) is 2.03. The van der Waals surface area contributed by atoms with Crippen molar-refractivity contribution in [2.24, 2.45) is 4.99 Å². The molecule has 17 heavy (non-hydrogen) atoms. The van der Waals surface area contributed by atoms with E-state index in [0.29, 0.717) is 13.3 Å². The summed E-state index contributed by atoms with van der Waals surface area (Å²) < 4.78 is 10.8. The summed E-state index contributed by atoms with van der Waals surface area (Å²) in [5.41, 5.74) is 1.10. The summed E-state index contributed by atoms with van der Waals surface area (Å²) >= 11 is 0. The van der Waals surface area contributed by atoms with E-state index in [1.165, 1.54) is 0 Å². The van der Waals surface area contributed by atoms with E-state index in [1.807, 2.05) is 25.2 Å². The Morgan fingerprint density at radius 2 is 2.35 bits per heavy atom. The minimum Gasteiger partial charge on any atom is -0.454 e. The van der Waals surface area contributed by atoms with E-state index >= 15 is 0 Å². The van der Waals surface area contributed by atoms with Gasteiger partial charge >= 0.3 is 0 Å². The maximum absolute atomic E-state index is 5.46. The molecule has 5 heteroatoms. The van der Waals surface area contributed by atoms with Crippen LogP contribution in [0.3, 0.4) is 0 Å². The predicted molar refractivity (Wildman–Crippen MR) is 64.3 cm³/mol. The zero-order chi connectivity index (χ0) is 11.7. The van der Waals surface area contributed by atoms with Crippen molar-refractivity contribution in [1.82, 2.24) is 10.2 Å². The second-order valence-electron chi connectivity index (χ2n) is 4.13. The first kappa shape index (κ1) is 10.3. The molecule has 0 amide bonds. The van der Waals surface area contributed by atoms with E-state index in [-0.39, 0.29) is 0 Å². The van der Waals surface area contributed by atoms with Crippen molar-refractivity contribution in [2.75, 3.05) is 26.9 Å². The Morgan fingerprint density at radius 3 is 3.18 bits per heavy atom. The summed E-state index contributed by atoms with van der Waals surface area (Å²) in [6.07, 6.45) is 0. The van der Waals surface area contributed by atoms with Crippen molar-refractivity contribution in [1.29, 1.82) is 0 Å². The third-order valence-electron chi connectivity index (χ3n) is 2.97. The van der Waals surface area contributed by atoms with Crippen LogP contribution < -0.4 is 14.8 Å². The van der Waals surface area contributed by atoms with Gasteiger partial charge in [-0.15, -0.1) is 0 Å². The number of nitrogens with one attached hydrogen (secondary N) is 1. The number of aliphatic imine (C=N–C) groups is 1. The number of para-hydroxylation sites is 1. The number of nitrogens with zero attached hydrogens (tertiary/aromatic N) is 2. The van der Waals surface area contributed by atoms with Crippen molar-refractivity contribution < 1.29 is 9.47 Å². The maximum Gasteiger partial charge on any atom is 0.231 e. The summed E-state index contributed by atoms with van der Waals surface area (Å²) in [6.45, 7) is 2.86. The van der Waals surface area contributed by atoms with Gasteiger partial charge in [-0.3, -0.25) is 4.99 Å². The fourth-order valence-corrected chi connectivity index (χ4v) is 2.03. The third kappa shape index (κ3) is 1.88. The Morgan fingerprint density at radius 1 is 1.41 bits per heavy atom. The summed E-state index contributed by atoms with van der Waals surface area (Å²) in [6, 6.07) is 5.94. The predicted octanol–water partition coefficient (Wildman–Crippen LogP) is 0.806. The lowest BCUT2D eigenvalue weighted by molar-refractivity contribution is 0.173. The number of guanidine groups is 1. The Kier molecular flexibility index (Phi) is 2.51. The SMILES string of the molecule is CN1CCN=C1NCc1cccc2c1OCO2. The second kappa shape index (κ2) is 4.16. The molecule has 0 aliphatic carbocycles.